The number of hydrogen-bond donors (Lipinski definition) is 0. The number of rotatable bonds is 5. The standard InChI is InChI=1S/C25H24OS/c1-17(2)26-24-21-11-7-8-12-22(21)25(23(24)19-9-5-4-6-10-19)27-20-15-13-18(3)14-16-20/h4-17,25H,1-3H3. The van der Waals surface area contributed by atoms with Gasteiger partial charge in [-0.3, -0.25) is 0 Å². The molecule has 0 saturated carbocycles. The smallest absolute Gasteiger partial charge is 0.132 e. The molecule has 2 heteroatoms. The highest BCUT2D eigenvalue weighted by Crippen LogP contribution is 2.54. The van der Waals surface area contributed by atoms with E-state index in [0.29, 0.717) is 0 Å². The second-order valence-electron chi connectivity index (χ2n) is 7.17. The van der Waals surface area contributed by atoms with Crippen LogP contribution < -0.4 is 0 Å². The lowest BCUT2D eigenvalue weighted by Gasteiger charge is -2.18. The number of hydrogen-bond acceptors (Lipinski definition) is 2. The van der Waals surface area contributed by atoms with E-state index in [1.807, 2.05) is 11.8 Å². The monoisotopic (exact) mass is 372 g/mol. The van der Waals surface area contributed by atoms with Crippen LogP contribution in [0.1, 0.15) is 41.4 Å². The van der Waals surface area contributed by atoms with Crippen LogP contribution in [-0.2, 0) is 4.74 Å². The summed E-state index contributed by atoms with van der Waals surface area (Å²) in [6.07, 6.45) is 0.134. The largest absolute Gasteiger partial charge is 0.490 e. The third-order valence-corrected chi connectivity index (χ3v) is 5.98. The predicted molar refractivity (Wildman–Crippen MR) is 116 cm³/mol. The van der Waals surface area contributed by atoms with Crippen molar-refractivity contribution in [2.24, 2.45) is 0 Å². The van der Waals surface area contributed by atoms with Crippen LogP contribution in [0.5, 0.6) is 0 Å². The summed E-state index contributed by atoms with van der Waals surface area (Å²) in [5.41, 5.74) is 6.34. The first-order valence-electron chi connectivity index (χ1n) is 9.42. The van der Waals surface area contributed by atoms with E-state index >= 15 is 0 Å². The van der Waals surface area contributed by atoms with Crippen molar-refractivity contribution in [1.29, 1.82) is 0 Å². The number of aryl methyl sites for hydroxylation is 1. The zero-order valence-corrected chi connectivity index (χ0v) is 16.8. The maximum Gasteiger partial charge on any atom is 0.132 e. The van der Waals surface area contributed by atoms with Crippen molar-refractivity contribution in [1.82, 2.24) is 0 Å². The van der Waals surface area contributed by atoms with E-state index in [1.54, 1.807) is 0 Å². The molecule has 1 atom stereocenters. The average molecular weight is 373 g/mol. The van der Waals surface area contributed by atoms with Gasteiger partial charge in [0.05, 0.1) is 11.4 Å². The lowest BCUT2D eigenvalue weighted by atomic mass is 10.0. The first-order chi connectivity index (χ1) is 13.1. The third kappa shape index (κ3) is 3.68. The van der Waals surface area contributed by atoms with Gasteiger partial charge >= 0.3 is 0 Å². The molecule has 0 bridgehead atoms. The lowest BCUT2D eigenvalue weighted by molar-refractivity contribution is 0.205. The van der Waals surface area contributed by atoms with Gasteiger partial charge in [0.1, 0.15) is 5.76 Å². The van der Waals surface area contributed by atoms with E-state index in [9.17, 15) is 0 Å². The van der Waals surface area contributed by atoms with Crippen LogP contribution in [0, 0.1) is 6.92 Å². The number of fused-ring (bicyclic) bond motifs is 1. The summed E-state index contributed by atoms with van der Waals surface area (Å²) >= 11 is 1.90. The predicted octanol–water partition coefficient (Wildman–Crippen LogP) is 7.14. The number of ether oxygens (including phenoxy) is 1. The molecule has 0 radical (unpaired) electrons. The number of benzene rings is 3. The van der Waals surface area contributed by atoms with Crippen molar-refractivity contribution in [2.75, 3.05) is 0 Å². The summed E-state index contributed by atoms with van der Waals surface area (Å²) in [5, 5.41) is 0.222. The normalized spacial score (nSPS) is 15.9. The van der Waals surface area contributed by atoms with Crippen molar-refractivity contribution in [3.05, 3.63) is 101 Å². The highest BCUT2D eigenvalue weighted by molar-refractivity contribution is 8.00. The van der Waals surface area contributed by atoms with Crippen molar-refractivity contribution in [3.8, 4) is 0 Å². The number of thioether (sulfide) groups is 1. The molecule has 1 nitrogen and oxygen atoms in total. The topological polar surface area (TPSA) is 9.23 Å². The Morgan fingerprint density at radius 2 is 1.48 bits per heavy atom. The molecule has 0 aliphatic heterocycles. The second-order valence-corrected chi connectivity index (χ2v) is 8.35. The summed E-state index contributed by atoms with van der Waals surface area (Å²) in [4.78, 5) is 1.28. The Kier molecular flexibility index (Phi) is 5.09. The highest BCUT2D eigenvalue weighted by atomic mass is 32.2. The van der Waals surface area contributed by atoms with Crippen molar-refractivity contribution < 1.29 is 4.74 Å². The summed E-state index contributed by atoms with van der Waals surface area (Å²) in [7, 11) is 0. The fraction of sp³-hybridized carbons (Fsp3) is 0.200. The molecule has 0 fully saturated rings. The molecular weight excluding hydrogens is 348 g/mol. The SMILES string of the molecule is Cc1ccc(SC2C(c3ccccc3)=C(OC(C)C)c3ccccc32)cc1. The van der Waals surface area contributed by atoms with E-state index in [2.05, 4.69) is 99.6 Å². The van der Waals surface area contributed by atoms with Crippen molar-refractivity contribution >= 4 is 23.1 Å². The van der Waals surface area contributed by atoms with Gasteiger partial charge in [0.25, 0.3) is 0 Å². The molecule has 1 aliphatic rings. The second kappa shape index (κ2) is 7.66. The Balaban J connectivity index is 1.85. The van der Waals surface area contributed by atoms with Crippen LogP contribution in [0.2, 0.25) is 0 Å². The first kappa shape index (κ1) is 17.9. The molecule has 0 amide bonds. The summed E-state index contributed by atoms with van der Waals surface area (Å²) in [6, 6.07) is 28.1. The van der Waals surface area contributed by atoms with Crippen LogP contribution in [-0.4, -0.2) is 6.10 Å². The highest BCUT2D eigenvalue weighted by Gasteiger charge is 2.34. The summed E-state index contributed by atoms with van der Waals surface area (Å²) < 4.78 is 6.36. The molecular formula is C25H24OS. The summed E-state index contributed by atoms with van der Waals surface area (Å²) in [6.45, 7) is 6.32. The van der Waals surface area contributed by atoms with E-state index in [1.165, 1.54) is 32.7 Å². The molecule has 0 N–H and O–H groups in total. The van der Waals surface area contributed by atoms with Crippen molar-refractivity contribution in [3.63, 3.8) is 0 Å². The summed E-state index contributed by atoms with van der Waals surface area (Å²) in [5.74, 6) is 1.02. The molecule has 136 valence electrons. The molecule has 0 spiro atoms. The van der Waals surface area contributed by atoms with Crippen LogP contribution in [0.15, 0.2) is 83.8 Å². The van der Waals surface area contributed by atoms with Gasteiger partial charge in [-0.2, -0.15) is 0 Å². The lowest BCUT2D eigenvalue weighted by Crippen LogP contribution is -2.02. The van der Waals surface area contributed by atoms with Gasteiger partial charge in [0.15, 0.2) is 0 Å². The van der Waals surface area contributed by atoms with Gasteiger partial charge < -0.3 is 4.74 Å². The van der Waals surface area contributed by atoms with E-state index in [4.69, 9.17) is 4.74 Å². The minimum atomic E-state index is 0.134. The van der Waals surface area contributed by atoms with Gasteiger partial charge in [-0.1, -0.05) is 72.3 Å². The molecule has 3 aromatic rings. The molecule has 0 saturated heterocycles. The van der Waals surface area contributed by atoms with Gasteiger partial charge in [0, 0.05) is 16.0 Å². The maximum absolute atomic E-state index is 6.36. The molecule has 1 unspecified atom stereocenters. The van der Waals surface area contributed by atoms with Crippen LogP contribution >= 0.6 is 11.8 Å². The fourth-order valence-corrected chi connectivity index (χ4v) is 4.75. The Bertz CT molecular complexity index is 955. The van der Waals surface area contributed by atoms with Gasteiger partial charge in [-0.05, 0) is 44.0 Å². The molecule has 3 aromatic carbocycles. The molecule has 27 heavy (non-hydrogen) atoms. The molecule has 4 rings (SSSR count). The van der Waals surface area contributed by atoms with E-state index in [0.717, 1.165) is 5.76 Å². The Hall–Kier alpha value is -2.45. The minimum absolute atomic E-state index is 0.134. The third-order valence-electron chi connectivity index (χ3n) is 4.71. The minimum Gasteiger partial charge on any atom is -0.490 e. The average Bonchev–Trinajstić information content (AvgIpc) is 2.97. The molecule has 1 aliphatic carbocycles. The van der Waals surface area contributed by atoms with Gasteiger partial charge in [-0.15, -0.1) is 11.8 Å². The zero-order valence-electron chi connectivity index (χ0n) is 16.0. The van der Waals surface area contributed by atoms with E-state index < -0.39 is 0 Å². The first-order valence-corrected chi connectivity index (χ1v) is 10.3. The zero-order chi connectivity index (χ0) is 18.8. The molecule has 0 heterocycles. The Morgan fingerprint density at radius 3 is 2.19 bits per heavy atom. The van der Waals surface area contributed by atoms with Crippen molar-refractivity contribution in [2.45, 2.75) is 37.0 Å². The fourth-order valence-electron chi connectivity index (χ4n) is 3.49. The van der Waals surface area contributed by atoms with Crippen LogP contribution in [0.4, 0.5) is 0 Å². The Morgan fingerprint density at radius 1 is 0.815 bits per heavy atom. The molecule has 0 aromatic heterocycles. The van der Waals surface area contributed by atoms with E-state index in [-0.39, 0.29) is 11.4 Å². The Labute approximate surface area is 166 Å². The van der Waals surface area contributed by atoms with Crippen LogP contribution in [0.3, 0.4) is 0 Å². The van der Waals surface area contributed by atoms with Gasteiger partial charge in [-0.25, -0.2) is 0 Å². The van der Waals surface area contributed by atoms with Crippen LogP contribution in [0.25, 0.3) is 11.3 Å². The quantitative estimate of drug-likeness (QED) is 0.471. The maximum atomic E-state index is 6.36. The van der Waals surface area contributed by atoms with Gasteiger partial charge in [0.2, 0.25) is 0 Å².